The van der Waals surface area contributed by atoms with Crippen LogP contribution in [0.5, 0.6) is 5.75 Å². The van der Waals surface area contributed by atoms with Gasteiger partial charge >= 0.3 is 0 Å². The molecule has 0 bridgehead atoms. The van der Waals surface area contributed by atoms with Gasteiger partial charge in [-0.1, -0.05) is 53.2 Å². The molecule has 3 heteroatoms. The maximum Gasteiger partial charge on any atom is 0.120 e. The van der Waals surface area contributed by atoms with Crippen LogP contribution in [0.1, 0.15) is 37.4 Å². The molecule has 1 atom stereocenters. The molecule has 0 saturated carbocycles. The molecule has 0 fully saturated rings. The third-order valence-corrected chi connectivity index (χ3v) is 4.18. The molecule has 0 amide bonds. The zero-order chi connectivity index (χ0) is 15.1. The van der Waals surface area contributed by atoms with Crippen LogP contribution in [0.4, 0.5) is 0 Å². The van der Waals surface area contributed by atoms with Gasteiger partial charge in [0.15, 0.2) is 0 Å². The maximum atomic E-state index is 5.91. The van der Waals surface area contributed by atoms with Gasteiger partial charge in [0.2, 0.25) is 0 Å². The van der Waals surface area contributed by atoms with Crippen molar-refractivity contribution in [1.82, 2.24) is 5.32 Å². The van der Waals surface area contributed by atoms with Crippen molar-refractivity contribution in [3.05, 3.63) is 64.1 Å². The summed E-state index contributed by atoms with van der Waals surface area (Å²) in [6, 6.07) is 16.8. The first-order chi connectivity index (χ1) is 10.2. The lowest BCUT2D eigenvalue weighted by Crippen LogP contribution is -2.19. The van der Waals surface area contributed by atoms with Crippen LogP contribution in [0.3, 0.4) is 0 Å². The van der Waals surface area contributed by atoms with Crippen LogP contribution in [-0.2, 0) is 6.61 Å². The SMILES string of the molecule is CCCNC(C)c1cccc(OCc2ccccc2Br)c1. The molecule has 2 nitrogen and oxygen atoms in total. The Morgan fingerprint density at radius 3 is 2.71 bits per heavy atom. The number of hydrogen-bond donors (Lipinski definition) is 1. The Balaban J connectivity index is 1.99. The molecule has 0 aromatic heterocycles. The van der Waals surface area contributed by atoms with E-state index in [1.165, 1.54) is 5.56 Å². The molecule has 2 aromatic rings. The third-order valence-electron chi connectivity index (χ3n) is 3.41. The Hall–Kier alpha value is -1.32. The van der Waals surface area contributed by atoms with Crippen LogP contribution >= 0.6 is 15.9 Å². The van der Waals surface area contributed by atoms with Crippen molar-refractivity contribution in [2.24, 2.45) is 0 Å². The van der Waals surface area contributed by atoms with E-state index in [0.29, 0.717) is 12.6 Å². The van der Waals surface area contributed by atoms with Crippen molar-refractivity contribution in [2.45, 2.75) is 32.9 Å². The summed E-state index contributed by atoms with van der Waals surface area (Å²) in [6.07, 6.45) is 1.14. The number of hydrogen-bond acceptors (Lipinski definition) is 2. The zero-order valence-corrected chi connectivity index (χ0v) is 14.2. The Labute approximate surface area is 135 Å². The van der Waals surface area contributed by atoms with E-state index in [2.05, 4.69) is 59.4 Å². The second kappa shape index (κ2) is 8.20. The molecule has 0 aliphatic carbocycles. The van der Waals surface area contributed by atoms with Crippen LogP contribution < -0.4 is 10.1 Å². The van der Waals surface area contributed by atoms with Crippen LogP contribution in [0.25, 0.3) is 0 Å². The van der Waals surface area contributed by atoms with Gasteiger partial charge in [-0.05, 0) is 43.7 Å². The lowest BCUT2D eigenvalue weighted by molar-refractivity contribution is 0.305. The van der Waals surface area contributed by atoms with Crippen molar-refractivity contribution < 1.29 is 4.74 Å². The lowest BCUT2D eigenvalue weighted by atomic mass is 10.1. The molecule has 2 rings (SSSR count). The molecule has 0 heterocycles. The van der Waals surface area contributed by atoms with E-state index in [-0.39, 0.29) is 0 Å². The fraction of sp³-hybridized carbons (Fsp3) is 0.333. The predicted molar refractivity (Wildman–Crippen MR) is 91.6 cm³/mol. The molecule has 0 aliphatic heterocycles. The van der Waals surface area contributed by atoms with Gasteiger partial charge in [-0.25, -0.2) is 0 Å². The van der Waals surface area contributed by atoms with Gasteiger partial charge in [0, 0.05) is 16.1 Å². The summed E-state index contributed by atoms with van der Waals surface area (Å²) in [5.74, 6) is 0.911. The van der Waals surface area contributed by atoms with Crippen molar-refractivity contribution in [3.63, 3.8) is 0 Å². The number of benzene rings is 2. The second-order valence-electron chi connectivity index (χ2n) is 5.13. The van der Waals surface area contributed by atoms with Gasteiger partial charge in [0.1, 0.15) is 12.4 Å². The Bertz CT molecular complexity index is 571. The van der Waals surface area contributed by atoms with Crippen LogP contribution in [0.15, 0.2) is 53.0 Å². The highest BCUT2D eigenvalue weighted by Crippen LogP contribution is 2.22. The van der Waals surface area contributed by atoms with Crippen molar-refractivity contribution in [1.29, 1.82) is 0 Å². The summed E-state index contributed by atoms with van der Waals surface area (Å²) in [5, 5.41) is 3.50. The standard InChI is InChI=1S/C18H22BrNO/c1-3-11-20-14(2)15-8-6-9-17(12-15)21-13-16-7-4-5-10-18(16)19/h4-10,12,14,20H,3,11,13H2,1-2H3. The molecular weight excluding hydrogens is 326 g/mol. The molecule has 21 heavy (non-hydrogen) atoms. The third kappa shape index (κ3) is 4.87. The van der Waals surface area contributed by atoms with E-state index >= 15 is 0 Å². The number of rotatable bonds is 7. The van der Waals surface area contributed by atoms with Crippen LogP contribution in [0, 0.1) is 0 Å². The minimum Gasteiger partial charge on any atom is -0.489 e. The molecule has 0 spiro atoms. The van der Waals surface area contributed by atoms with Gasteiger partial charge in [0.05, 0.1) is 0 Å². The molecule has 2 aromatic carbocycles. The lowest BCUT2D eigenvalue weighted by Gasteiger charge is -2.15. The summed E-state index contributed by atoms with van der Waals surface area (Å²) in [5.41, 5.74) is 2.41. The van der Waals surface area contributed by atoms with Gasteiger partial charge in [-0.3, -0.25) is 0 Å². The normalized spacial score (nSPS) is 12.1. The van der Waals surface area contributed by atoms with Crippen molar-refractivity contribution in [2.75, 3.05) is 6.54 Å². The molecule has 112 valence electrons. The Kier molecular flexibility index (Phi) is 6.27. The second-order valence-corrected chi connectivity index (χ2v) is 5.98. The van der Waals surface area contributed by atoms with E-state index in [1.54, 1.807) is 0 Å². The Morgan fingerprint density at radius 1 is 1.14 bits per heavy atom. The van der Waals surface area contributed by atoms with E-state index in [1.807, 2.05) is 24.3 Å². The summed E-state index contributed by atoms with van der Waals surface area (Å²) in [7, 11) is 0. The Morgan fingerprint density at radius 2 is 1.95 bits per heavy atom. The topological polar surface area (TPSA) is 21.3 Å². The average Bonchev–Trinajstić information content (AvgIpc) is 2.52. The van der Waals surface area contributed by atoms with Crippen LogP contribution in [0.2, 0.25) is 0 Å². The molecule has 0 saturated heterocycles. The summed E-state index contributed by atoms with van der Waals surface area (Å²) >= 11 is 3.55. The fourth-order valence-corrected chi connectivity index (χ4v) is 2.53. The largest absolute Gasteiger partial charge is 0.489 e. The maximum absolute atomic E-state index is 5.91. The highest BCUT2D eigenvalue weighted by molar-refractivity contribution is 9.10. The predicted octanol–water partition coefficient (Wildman–Crippen LogP) is 5.09. The molecule has 0 aliphatic rings. The average molecular weight is 348 g/mol. The first-order valence-corrected chi connectivity index (χ1v) is 8.19. The number of ether oxygens (including phenoxy) is 1. The van der Waals surface area contributed by atoms with E-state index < -0.39 is 0 Å². The number of nitrogens with one attached hydrogen (secondary N) is 1. The molecular formula is C18H22BrNO. The van der Waals surface area contributed by atoms with E-state index in [4.69, 9.17) is 4.74 Å². The minimum atomic E-state index is 0.344. The quantitative estimate of drug-likeness (QED) is 0.753. The van der Waals surface area contributed by atoms with E-state index in [9.17, 15) is 0 Å². The molecule has 1 unspecified atom stereocenters. The van der Waals surface area contributed by atoms with Gasteiger partial charge in [0.25, 0.3) is 0 Å². The summed E-state index contributed by atoms with van der Waals surface area (Å²) in [6.45, 7) is 5.96. The van der Waals surface area contributed by atoms with Gasteiger partial charge < -0.3 is 10.1 Å². The minimum absolute atomic E-state index is 0.344. The monoisotopic (exact) mass is 347 g/mol. The van der Waals surface area contributed by atoms with Crippen molar-refractivity contribution >= 4 is 15.9 Å². The van der Waals surface area contributed by atoms with E-state index in [0.717, 1.165) is 28.8 Å². The van der Waals surface area contributed by atoms with Gasteiger partial charge in [-0.2, -0.15) is 0 Å². The van der Waals surface area contributed by atoms with Crippen LogP contribution in [-0.4, -0.2) is 6.54 Å². The van der Waals surface area contributed by atoms with Crippen molar-refractivity contribution in [3.8, 4) is 5.75 Å². The smallest absolute Gasteiger partial charge is 0.120 e. The number of halogens is 1. The summed E-state index contributed by atoms with van der Waals surface area (Å²) in [4.78, 5) is 0. The molecule has 0 radical (unpaired) electrons. The first kappa shape index (κ1) is 16.1. The highest BCUT2D eigenvalue weighted by atomic mass is 79.9. The zero-order valence-electron chi connectivity index (χ0n) is 12.6. The first-order valence-electron chi connectivity index (χ1n) is 7.40. The highest BCUT2D eigenvalue weighted by Gasteiger charge is 2.06. The summed E-state index contributed by atoms with van der Waals surface area (Å²) < 4.78 is 6.99. The molecule has 1 N–H and O–H groups in total. The fourth-order valence-electron chi connectivity index (χ4n) is 2.13. The van der Waals surface area contributed by atoms with Gasteiger partial charge in [-0.15, -0.1) is 0 Å².